The SMILES string of the molecule is CCOc1ccc(C(=O)N2CCC[C@H](Oc3nccnc3C#N)C2)cc1OCC. The van der Waals surface area contributed by atoms with Gasteiger partial charge in [0.05, 0.1) is 19.8 Å². The topological polar surface area (TPSA) is 97.6 Å². The fourth-order valence-corrected chi connectivity index (χ4v) is 3.23. The number of nitrogens with zero attached hydrogens (tertiary/aromatic N) is 4. The second-order valence-electron chi connectivity index (χ2n) is 6.48. The summed E-state index contributed by atoms with van der Waals surface area (Å²) in [7, 11) is 0. The highest BCUT2D eigenvalue weighted by Crippen LogP contribution is 2.29. The number of carbonyl (C=O) groups is 1. The summed E-state index contributed by atoms with van der Waals surface area (Å²) in [6, 6.07) is 7.20. The molecule has 29 heavy (non-hydrogen) atoms. The lowest BCUT2D eigenvalue weighted by molar-refractivity contribution is 0.0525. The Labute approximate surface area is 170 Å². The van der Waals surface area contributed by atoms with Crippen LogP contribution in [0.3, 0.4) is 0 Å². The molecule has 0 N–H and O–H groups in total. The van der Waals surface area contributed by atoms with Crippen LogP contribution in [0.25, 0.3) is 0 Å². The van der Waals surface area contributed by atoms with E-state index >= 15 is 0 Å². The Morgan fingerprint density at radius 2 is 1.97 bits per heavy atom. The first-order valence-electron chi connectivity index (χ1n) is 9.72. The van der Waals surface area contributed by atoms with Crippen LogP contribution in [0.4, 0.5) is 0 Å². The first-order chi connectivity index (χ1) is 14.2. The van der Waals surface area contributed by atoms with Gasteiger partial charge in [0, 0.05) is 24.5 Å². The molecule has 1 atom stereocenters. The van der Waals surface area contributed by atoms with Crippen LogP contribution in [0.15, 0.2) is 30.6 Å². The predicted molar refractivity (Wildman–Crippen MR) is 105 cm³/mol. The van der Waals surface area contributed by atoms with Crippen LogP contribution in [0.5, 0.6) is 17.4 Å². The zero-order valence-corrected chi connectivity index (χ0v) is 16.6. The average molecular weight is 396 g/mol. The molecule has 1 fully saturated rings. The summed E-state index contributed by atoms with van der Waals surface area (Å²) in [5, 5.41) is 9.15. The third-order valence-corrected chi connectivity index (χ3v) is 4.50. The summed E-state index contributed by atoms with van der Waals surface area (Å²) in [5.74, 6) is 1.29. The van der Waals surface area contributed by atoms with E-state index in [4.69, 9.17) is 19.5 Å². The maximum Gasteiger partial charge on any atom is 0.254 e. The number of rotatable bonds is 7. The smallest absolute Gasteiger partial charge is 0.254 e. The molecule has 8 nitrogen and oxygen atoms in total. The fraction of sp³-hybridized carbons (Fsp3) is 0.429. The largest absolute Gasteiger partial charge is 0.490 e. The van der Waals surface area contributed by atoms with Gasteiger partial charge in [0.25, 0.3) is 11.8 Å². The lowest BCUT2D eigenvalue weighted by Gasteiger charge is -2.32. The van der Waals surface area contributed by atoms with Crippen LogP contribution in [0.2, 0.25) is 0 Å². The lowest BCUT2D eigenvalue weighted by Crippen LogP contribution is -2.44. The van der Waals surface area contributed by atoms with Crippen molar-refractivity contribution in [1.82, 2.24) is 14.9 Å². The Morgan fingerprint density at radius 1 is 1.21 bits per heavy atom. The molecule has 1 aromatic carbocycles. The van der Waals surface area contributed by atoms with Gasteiger partial charge in [-0.2, -0.15) is 5.26 Å². The Hall–Kier alpha value is -3.34. The molecule has 0 spiro atoms. The number of nitriles is 1. The van der Waals surface area contributed by atoms with E-state index in [0.29, 0.717) is 43.4 Å². The van der Waals surface area contributed by atoms with Gasteiger partial charge in [0.2, 0.25) is 5.69 Å². The molecule has 0 radical (unpaired) electrons. The van der Waals surface area contributed by atoms with Gasteiger partial charge >= 0.3 is 0 Å². The second-order valence-corrected chi connectivity index (χ2v) is 6.48. The summed E-state index contributed by atoms with van der Waals surface area (Å²) in [4.78, 5) is 22.8. The van der Waals surface area contributed by atoms with Crippen molar-refractivity contribution in [3.8, 4) is 23.4 Å². The van der Waals surface area contributed by atoms with Crippen molar-refractivity contribution >= 4 is 5.91 Å². The third kappa shape index (κ3) is 4.93. The highest BCUT2D eigenvalue weighted by Gasteiger charge is 2.27. The molecule has 2 heterocycles. The minimum absolute atomic E-state index is 0.0954. The number of piperidine rings is 1. The molecule has 0 saturated carbocycles. The molecule has 1 amide bonds. The Kier molecular flexibility index (Phi) is 6.85. The number of aromatic nitrogens is 2. The third-order valence-electron chi connectivity index (χ3n) is 4.50. The molecule has 0 bridgehead atoms. The van der Waals surface area contributed by atoms with E-state index in [1.807, 2.05) is 19.9 Å². The van der Waals surface area contributed by atoms with E-state index in [9.17, 15) is 4.79 Å². The molecule has 8 heteroatoms. The molecular weight excluding hydrogens is 372 g/mol. The van der Waals surface area contributed by atoms with E-state index in [0.717, 1.165) is 12.8 Å². The van der Waals surface area contributed by atoms with Gasteiger partial charge in [-0.1, -0.05) is 0 Å². The highest BCUT2D eigenvalue weighted by atomic mass is 16.5. The van der Waals surface area contributed by atoms with Gasteiger partial charge in [-0.05, 0) is 44.9 Å². The van der Waals surface area contributed by atoms with Crippen LogP contribution in [-0.2, 0) is 0 Å². The molecule has 3 rings (SSSR count). The number of ether oxygens (including phenoxy) is 3. The van der Waals surface area contributed by atoms with E-state index in [2.05, 4.69) is 9.97 Å². The van der Waals surface area contributed by atoms with Gasteiger partial charge in [-0.3, -0.25) is 4.79 Å². The molecule has 1 aliphatic rings. The Balaban J connectivity index is 1.72. The van der Waals surface area contributed by atoms with Crippen molar-refractivity contribution in [2.75, 3.05) is 26.3 Å². The summed E-state index contributed by atoms with van der Waals surface area (Å²) < 4.78 is 17.1. The van der Waals surface area contributed by atoms with Crippen molar-refractivity contribution in [3.05, 3.63) is 41.9 Å². The van der Waals surface area contributed by atoms with Gasteiger partial charge in [-0.25, -0.2) is 9.97 Å². The first kappa shape index (κ1) is 20.4. The van der Waals surface area contributed by atoms with Gasteiger partial charge in [0.1, 0.15) is 12.2 Å². The minimum Gasteiger partial charge on any atom is -0.490 e. The van der Waals surface area contributed by atoms with E-state index in [1.165, 1.54) is 12.4 Å². The summed E-state index contributed by atoms with van der Waals surface area (Å²) in [6.45, 7) is 5.84. The normalized spacial score (nSPS) is 16.0. The lowest BCUT2D eigenvalue weighted by atomic mass is 10.1. The van der Waals surface area contributed by atoms with Gasteiger partial charge in [0.15, 0.2) is 11.5 Å². The summed E-state index contributed by atoms with van der Waals surface area (Å²) in [6.07, 6.45) is 4.26. The predicted octanol–water partition coefficient (Wildman–Crippen LogP) is 2.83. The summed E-state index contributed by atoms with van der Waals surface area (Å²) >= 11 is 0. The number of hydrogen-bond acceptors (Lipinski definition) is 7. The van der Waals surface area contributed by atoms with Crippen LogP contribution < -0.4 is 14.2 Å². The molecule has 1 aromatic heterocycles. The Bertz CT molecular complexity index is 896. The number of likely N-dealkylation sites (tertiary alicyclic amines) is 1. The molecule has 1 aliphatic heterocycles. The van der Waals surface area contributed by atoms with E-state index in [1.54, 1.807) is 23.1 Å². The number of benzene rings is 1. The Morgan fingerprint density at radius 3 is 2.72 bits per heavy atom. The molecular formula is C21H24N4O4. The van der Waals surface area contributed by atoms with Crippen molar-refractivity contribution in [2.24, 2.45) is 0 Å². The number of hydrogen-bond donors (Lipinski definition) is 0. The maximum atomic E-state index is 13.0. The molecule has 2 aromatic rings. The van der Waals surface area contributed by atoms with Crippen LogP contribution in [0, 0.1) is 11.3 Å². The van der Waals surface area contributed by atoms with Crippen LogP contribution in [-0.4, -0.2) is 53.2 Å². The quantitative estimate of drug-likeness (QED) is 0.710. The van der Waals surface area contributed by atoms with Crippen molar-refractivity contribution < 1.29 is 19.0 Å². The van der Waals surface area contributed by atoms with Crippen molar-refractivity contribution in [1.29, 1.82) is 5.26 Å². The van der Waals surface area contributed by atoms with E-state index in [-0.39, 0.29) is 23.6 Å². The van der Waals surface area contributed by atoms with Crippen LogP contribution >= 0.6 is 0 Å². The standard InChI is InChI=1S/C21H24N4O4/c1-3-27-18-8-7-15(12-19(18)28-4-2)21(26)25-11-5-6-16(14-25)29-20-17(13-22)23-9-10-24-20/h7-10,12,16H,3-6,11,14H2,1-2H3/t16-/m0/s1. The molecule has 1 saturated heterocycles. The number of amides is 1. The van der Waals surface area contributed by atoms with E-state index < -0.39 is 0 Å². The van der Waals surface area contributed by atoms with Gasteiger partial charge in [-0.15, -0.1) is 0 Å². The minimum atomic E-state index is -0.245. The number of carbonyl (C=O) groups excluding carboxylic acids is 1. The van der Waals surface area contributed by atoms with Crippen molar-refractivity contribution in [3.63, 3.8) is 0 Å². The fourth-order valence-electron chi connectivity index (χ4n) is 3.23. The van der Waals surface area contributed by atoms with Gasteiger partial charge < -0.3 is 19.1 Å². The molecule has 0 unspecified atom stereocenters. The summed E-state index contributed by atoms with van der Waals surface area (Å²) in [5.41, 5.74) is 0.679. The molecule has 152 valence electrons. The monoisotopic (exact) mass is 396 g/mol. The van der Waals surface area contributed by atoms with Crippen LogP contribution in [0.1, 0.15) is 42.7 Å². The zero-order chi connectivity index (χ0) is 20.6. The molecule has 0 aliphatic carbocycles. The zero-order valence-electron chi connectivity index (χ0n) is 16.6. The average Bonchev–Trinajstić information content (AvgIpc) is 2.75. The highest BCUT2D eigenvalue weighted by molar-refractivity contribution is 5.95. The second kappa shape index (κ2) is 9.73. The maximum absolute atomic E-state index is 13.0. The first-order valence-corrected chi connectivity index (χ1v) is 9.72. The van der Waals surface area contributed by atoms with Crippen molar-refractivity contribution in [2.45, 2.75) is 32.8 Å².